The van der Waals surface area contributed by atoms with Crippen molar-refractivity contribution in [2.45, 2.75) is 20.3 Å². The monoisotopic (exact) mass is 279 g/mol. The Balaban J connectivity index is 2.96. The van der Waals surface area contributed by atoms with Gasteiger partial charge in [-0.15, -0.1) is 0 Å². The summed E-state index contributed by atoms with van der Waals surface area (Å²) in [4.78, 5) is 24.3. The minimum Gasteiger partial charge on any atom is -0.383 e. The second-order valence-corrected chi connectivity index (χ2v) is 4.94. The van der Waals surface area contributed by atoms with Gasteiger partial charge in [0, 0.05) is 32.3 Å². The maximum absolute atomic E-state index is 12.3. The SMILES string of the molecule is CCC(C)CN(C)C(=O)c1ccc([N+](=O)[O-])c(NC)c1. The third kappa shape index (κ3) is 3.69. The highest BCUT2D eigenvalue weighted by molar-refractivity contribution is 5.95. The van der Waals surface area contributed by atoms with Gasteiger partial charge in [-0.05, 0) is 18.1 Å². The third-order valence-corrected chi connectivity index (χ3v) is 3.34. The average Bonchev–Trinajstić information content (AvgIpc) is 2.45. The lowest BCUT2D eigenvalue weighted by Crippen LogP contribution is -2.30. The lowest BCUT2D eigenvalue weighted by atomic mass is 10.1. The molecule has 0 saturated carbocycles. The first-order valence-electron chi connectivity index (χ1n) is 6.62. The molecule has 6 heteroatoms. The van der Waals surface area contributed by atoms with E-state index in [0.717, 1.165) is 6.42 Å². The van der Waals surface area contributed by atoms with Crippen molar-refractivity contribution in [2.24, 2.45) is 5.92 Å². The summed E-state index contributed by atoms with van der Waals surface area (Å²) in [5, 5.41) is 13.6. The Labute approximate surface area is 118 Å². The molecule has 0 fully saturated rings. The zero-order valence-electron chi connectivity index (χ0n) is 12.3. The predicted molar refractivity (Wildman–Crippen MR) is 79.1 cm³/mol. The number of anilines is 1. The summed E-state index contributed by atoms with van der Waals surface area (Å²) in [6.07, 6.45) is 1.000. The van der Waals surface area contributed by atoms with E-state index in [1.807, 2.05) is 0 Å². The van der Waals surface area contributed by atoms with Gasteiger partial charge in [-0.1, -0.05) is 20.3 Å². The van der Waals surface area contributed by atoms with E-state index in [0.29, 0.717) is 23.7 Å². The summed E-state index contributed by atoms with van der Waals surface area (Å²) in [7, 11) is 3.34. The van der Waals surface area contributed by atoms with Crippen LogP contribution >= 0.6 is 0 Å². The molecule has 0 bridgehead atoms. The lowest BCUT2D eigenvalue weighted by Gasteiger charge is -2.21. The van der Waals surface area contributed by atoms with Crippen molar-refractivity contribution >= 4 is 17.3 Å². The van der Waals surface area contributed by atoms with Crippen molar-refractivity contribution in [1.82, 2.24) is 4.90 Å². The fourth-order valence-electron chi connectivity index (χ4n) is 1.93. The Morgan fingerprint density at radius 3 is 2.65 bits per heavy atom. The molecule has 1 aromatic carbocycles. The van der Waals surface area contributed by atoms with Crippen LogP contribution in [0.4, 0.5) is 11.4 Å². The molecule has 0 aromatic heterocycles. The number of nitrogens with one attached hydrogen (secondary N) is 1. The molecule has 0 radical (unpaired) electrons. The maximum atomic E-state index is 12.3. The number of benzene rings is 1. The second-order valence-electron chi connectivity index (χ2n) is 4.94. The van der Waals surface area contributed by atoms with Crippen LogP contribution in [-0.4, -0.2) is 36.4 Å². The molecule has 0 aliphatic heterocycles. The Morgan fingerprint density at radius 1 is 1.50 bits per heavy atom. The van der Waals surface area contributed by atoms with Gasteiger partial charge in [0.25, 0.3) is 11.6 Å². The van der Waals surface area contributed by atoms with Crippen molar-refractivity contribution in [1.29, 1.82) is 0 Å². The molecule has 0 aliphatic rings. The molecule has 110 valence electrons. The van der Waals surface area contributed by atoms with Gasteiger partial charge >= 0.3 is 0 Å². The van der Waals surface area contributed by atoms with Gasteiger partial charge in [0.05, 0.1) is 4.92 Å². The van der Waals surface area contributed by atoms with E-state index in [4.69, 9.17) is 0 Å². The van der Waals surface area contributed by atoms with Crippen LogP contribution in [0.2, 0.25) is 0 Å². The zero-order chi connectivity index (χ0) is 15.3. The van der Waals surface area contributed by atoms with Crippen LogP contribution in [0.1, 0.15) is 30.6 Å². The molecule has 0 saturated heterocycles. The normalized spacial score (nSPS) is 11.8. The fraction of sp³-hybridized carbons (Fsp3) is 0.500. The molecular weight excluding hydrogens is 258 g/mol. The Morgan fingerprint density at radius 2 is 2.15 bits per heavy atom. The summed E-state index contributed by atoms with van der Waals surface area (Å²) in [6.45, 7) is 4.83. The van der Waals surface area contributed by atoms with Crippen LogP contribution in [0.15, 0.2) is 18.2 Å². The maximum Gasteiger partial charge on any atom is 0.292 e. The van der Waals surface area contributed by atoms with Crippen molar-refractivity contribution in [3.63, 3.8) is 0 Å². The minimum absolute atomic E-state index is 0.0337. The summed E-state index contributed by atoms with van der Waals surface area (Å²) >= 11 is 0. The van der Waals surface area contributed by atoms with Crippen LogP contribution in [0.3, 0.4) is 0 Å². The largest absolute Gasteiger partial charge is 0.383 e. The molecular formula is C14H21N3O3. The number of amides is 1. The molecule has 6 nitrogen and oxygen atoms in total. The van der Waals surface area contributed by atoms with Crippen LogP contribution in [0.25, 0.3) is 0 Å². The number of carbonyl (C=O) groups is 1. The predicted octanol–water partition coefficient (Wildman–Crippen LogP) is 2.75. The minimum atomic E-state index is -0.469. The fourth-order valence-corrected chi connectivity index (χ4v) is 1.93. The highest BCUT2D eigenvalue weighted by Gasteiger charge is 2.18. The van der Waals surface area contributed by atoms with Crippen molar-refractivity contribution in [2.75, 3.05) is 26.0 Å². The van der Waals surface area contributed by atoms with E-state index in [9.17, 15) is 14.9 Å². The highest BCUT2D eigenvalue weighted by Crippen LogP contribution is 2.25. The number of nitro groups is 1. The molecule has 1 unspecified atom stereocenters. The number of rotatable bonds is 6. The highest BCUT2D eigenvalue weighted by atomic mass is 16.6. The van der Waals surface area contributed by atoms with Gasteiger partial charge in [0.1, 0.15) is 5.69 Å². The van der Waals surface area contributed by atoms with Crippen molar-refractivity contribution < 1.29 is 9.72 Å². The van der Waals surface area contributed by atoms with E-state index in [1.165, 1.54) is 18.2 Å². The van der Waals surface area contributed by atoms with Crippen LogP contribution in [0.5, 0.6) is 0 Å². The van der Waals surface area contributed by atoms with Gasteiger partial charge in [0.2, 0.25) is 0 Å². The summed E-state index contributed by atoms with van der Waals surface area (Å²) in [5.74, 6) is 0.294. The Hall–Kier alpha value is -2.11. The van der Waals surface area contributed by atoms with Crippen LogP contribution in [0, 0.1) is 16.0 Å². The van der Waals surface area contributed by atoms with E-state index in [2.05, 4.69) is 19.2 Å². The summed E-state index contributed by atoms with van der Waals surface area (Å²) < 4.78 is 0. The molecule has 0 aliphatic carbocycles. The number of hydrogen-bond donors (Lipinski definition) is 1. The number of carbonyl (C=O) groups excluding carboxylic acids is 1. The first-order valence-corrected chi connectivity index (χ1v) is 6.62. The smallest absolute Gasteiger partial charge is 0.292 e. The number of hydrogen-bond acceptors (Lipinski definition) is 4. The lowest BCUT2D eigenvalue weighted by molar-refractivity contribution is -0.383. The van der Waals surface area contributed by atoms with E-state index in [-0.39, 0.29) is 11.6 Å². The molecule has 20 heavy (non-hydrogen) atoms. The van der Waals surface area contributed by atoms with E-state index < -0.39 is 4.92 Å². The summed E-state index contributed by atoms with van der Waals surface area (Å²) in [6, 6.07) is 4.37. The summed E-state index contributed by atoms with van der Waals surface area (Å²) in [5.41, 5.74) is 0.761. The van der Waals surface area contributed by atoms with Crippen molar-refractivity contribution in [3.05, 3.63) is 33.9 Å². The molecule has 1 amide bonds. The third-order valence-electron chi connectivity index (χ3n) is 3.34. The quantitative estimate of drug-likeness (QED) is 0.641. The zero-order valence-corrected chi connectivity index (χ0v) is 12.3. The molecule has 0 spiro atoms. The standard InChI is InChI=1S/C14H21N3O3/c1-5-10(2)9-16(4)14(18)11-6-7-13(17(19)20)12(8-11)15-3/h6-8,10,15H,5,9H2,1-4H3. The number of nitrogens with zero attached hydrogens (tertiary/aromatic N) is 2. The Kier molecular flexibility index (Phi) is 5.49. The van der Waals surface area contributed by atoms with Crippen LogP contribution in [-0.2, 0) is 0 Å². The van der Waals surface area contributed by atoms with Gasteiger partial charge in [-0.25, -0.2) is 0 Å². The average molecular weight is 279 g/mol. The van der Waals surface area contributed by atoms with Crippen LogP contribution < -0.4 is 5.32 Å². The molecule has 1 aromatic rings. The second kappa shape index (κ2) is 6.88. The first-order chi connectivity index (χ1) is 9.40. The van der Waals surface area contributed by atoms with Gasteiger partial charge in [-0.2, -0.15) is 0 Å². The molecule has 0 heterocycles. The van der Waals surface area contributed by atoms with E-state index >= 15 is 0 Å². The molecule has 1 atom stereocenters. The van der Waals surface area contributed by atoms with Gasteiger partial charge in [-0.3, -0.25) is 14.9 Å². The molecule has 1 rings (SSSR count). The Bertz CT molecular complexity index is 502. The van der Waals surface area contributed by atoms with E-state index in [1.54, 1.807) is 19.0 Å². The topological polar surface area (TPSA) is 75.5 Å². The van der Waals surface area contributed by atoms with Gasteiger partial charge < -0.3 is 10.2 Å². The van der Waals surface area contributed by atoms with Crippen molar-refractivity contribution in [3.8, 4) is 0 Å². The van der Waals surface area contributed by atoms with Gasteiger partial charge in [0.15, 0.2) is 0 Å². The molecule has 1 N–H and O–H groups in total. The first kappa shape index (κ1) is 15.9. The number of nitro benzene ring substituents is 1.